The second-order valence-electron chi connectivity index (χ2n) is 17.3. The Kier molecular flexibility index (Phi) is 36.3. The SMILES string of the molecule is C=C(C(N)C(C)(C)C)N1CCCC1C=O.C=Cc1ccc(-c2cc(-c3ccccc3)nc(C3=CCCC=C3O)c2C[NH-])cc1CC.CC.CC.CC.CCC.CNCc1ccc(C(S)=C(C)C)cc1.[W]. The summed E-state index contributed by atoms with van der Waals surface area (Å²) in [6, 6.07) is 26.9. The van der Waals surface area contributed by atoms with Crippen LogP contribution >= 0.6 is 12.6 Å². The van der Waals surface area contributed by atoms with Gasteiger partial charge in [-0.05, 0) is 110 Å². The predicted molar refractivity (Wildman–Crippen MR) is 309 cm³/mol. The van der Waals surface area contributed by atoms with Gasteiger partial charge in [0.1, 0.15) is 12.0 Å². The third-order valence-electron chi connectivity index (χ3n) is 11.0. The molecule has 2 unspecified atom stereocenters. The van der Waals surface area contributed by atoms with Crippen molar-refractivity contribution in [3.05, 3.63) is 160 Å². The zero-order valence-electron chi connectivity index (χ0n) is 45.9. The number of hydrogen-bond acceptors (Lipinski definition) is 7. The number of carbonyl (C=O) groups excluding carboxylic acids is 1. The van der Waals surface area contributed by atoms with E-state index in [1.54, 1.807) is 0 Å². The zero-order valence-corrected chi connectivity index (χ0v) is 49.8. The summed E-state index contributed by atoms with van der Waals surface area (Å²) in [5.41, 5.74) is 27.6. The first-order valence-electron chi connectivity index (χ1n) is 25.5. The molecule has 0 amide bonds. The quantitative estimate of drug-likeness (QED) is 0.0830. The standard InChI is InChI=1S/C28H27N2O.C12H22N2O.C12H17NS.C3H8.3C2H6.W/c1-3-19-14-15-22(16-20(19)4-2)24-17-26(21-10-6-5-7-11-21)30-28(25(24)18-29)23-12-8-9-13-27(23)31;1-9(11(13)12(2,3)4)14-7-5-6-10(14)8-15;1-9(2)12(14)11-6-4-10(5-7-11)8-13-3;1-3-2;3*1-2;/h3,5-7,10-17,29,31H,1,4,8-9,18H2,2H3;8,10-11H,1,5-7,13H2,2-4H3;4-7,13-14H,8H2,1-3H3;3H2,1-2H3;3*1-2H3;/q-1;;;;;;;. The first-order chi connectivity index (χ1) is 33.1. The summed E-state index contributed by atoms with van der Waals surface area (Å²) in [6.07, 6.45) is 12.6. The van der Waals surface area contributed by atoms with Gasteiger partial charge in [0.2, 0.25) is 0 Å². The Balaban J connectivity index is 0. The van der Waals surface area contributed by atoms with Gasteiger partial charge in [-0.1, -0.05) is 193 Å². The molecule has 1 fully saturated rings. The van der Waals surface area contributed by atoms with Gasteiger partial charge in [-0.15, -0.1) is 19.2 Å². The summed E-state index contributed by atoms with van der Waals surface area (Å²) in [5, 5.41) is 13.7. The van der Waals surface area contributed by atoms with Gasteiger partial charge in [-0.2, -0.15) is 0 Å². The minimum atomic E-state index is -0.0851. The Bertz CT molecular complexity index is 2200. The number of aromatic nitrogens is 1. The summed E-state index contributed by atoms with van der Waals surface area (Å²) >= 11 is 4.46. The fourth-order valence-electron chi connectivity index (χ4n) is 7.39. The molecule has 3 aromatic carbocycles. The normalized spacial score (nSPS) is 13.6. The van der Waals surface area contributed by atoms with Crippen LogP contribution in [0.4, 0.5) is 0 Å². The van der Waals surface area contributed by atoms with E-state index in [0.717, 1.165) is 101 Å². The number of likely N-dealkylation sites (tertiary alicyclic amines) is 1. The van der Waals surface area contributed by atoms with Gasteiger partial charge in [-0.25, -0.2) is 4.98 Å². The molecule has 2 aliphatic rings. The summed E-state index contributed by atoms with van der Waals surface area (Å²) in [7, 11) is 1.95. The van der Waals surface area contributed by atoms with Crippen molar-refractivity contribution >= 4 is 35.5 Å². The van der Waals surface area contributed by atoms with Crippen LogP contribution in [0.3, 0.4) is 0 Å². The van der Waals surface area contributed by atoms with Crippen molar-refractivity contribution in [2.45, 2.75) is 161 Å². The van der Waals surface area contributed by atoms with Crippen molar-refractivity contribution in [2.24, 2.45) is 11.1 Å². The molecule has 6 rings (SSSR count). The van der Waals surface area contributed by atoms with Crippen LogP contribution in [0.2, 0.25) is 0 Å². The van der Waals surface area contributed by atoms with Crippen LogP contribution in [0.1, 0.15) is 163 Å². The number of allylic oxidation sites excluding steroid dienone is 4. The van der Waals surface area contributed by atoms with Gasteiger partial charge < -0.3 is 31.6 Å². The molecule has 1 aliphatic carbocycles. The summed E-state index contributed by atoms with van der Waals surface area (Å²) < 4.78 is 0. The third kappa shape index (κ3) is 21.2. The first kappa shape index (κ1) is 67.8. The van der Waals surface area contributed by atoms with E-state index in [2.05, 4.69) is 140 Å². The van der Waals surface area contributed by atoms with E-state index in [9.17, 15) is 9.90 Å². The van der Waals surface area contributed by atoms with Crippen molar-refractivity contribution in [1.29, 1.82) is 0 Å². The molecule has 2 atom stereocenters. The van der Waals surface area contributed by atoms with Crippen molar-refractivity contribution < 1.29 is 31.0 Å². The second kappa shape index (κ2) is 37.5. The molecule has 2 heterocycles. The molecule has 7 nitrogen and oxygen atoms in total. The number of pyridine rings is 1. The van der Waals surface area contributed by atoms with Crippen molar-refractivity contribution in [1.82, 2.24) is 15.2 Å². The van der Waals surface area contributed by atoms with Crippen LogP contribution in [0, 0.1) is 5.41 Å². The topological polar surface area (TPSA) is 115 Å². The number of rotatable bonds is 12. The number of benzene rings is 3. The fraction of sp³-hybridized carbons (Fsp3) is 0.443. The molecule has 0 radical (unpaired) electrons. The predicted octanol–water partition coefficient (Wildman–Crippen LogP) is 16.9. The zero-order chi connectivity index (χ0) is 52.7. The van der Waals surface area contributed by atoms with Crippen molar-refractivity contribution in [2.75, 3.05) is 13.6 Å². The number of hydrogen-bond donors (Lipinski definition) is 4. The smallest absolute Gasteiger partial charge is 0.142 e. The monoisotopic (exact) mass is 1140 g/mol. The minimum absolute atomic E-state index is 0. The maximum atomic E-state index is 10.9. The Labute approximate surface area is 447 Å². The second-order valence-corrected chi connectivity index (χ2v) is 17.8. The molecular weight excluding hydrogens is 1050 g/mol. The van der Waals surface area contributed by atoms with Gasteiger partial charge in [-0.3, -0.25) is 0 Å². The molecule has 70 heavy (non-hydrogen) atoms. The molecule has 0 bridgehead atoms. The van der Waals surface area contributed by atoms with E-state index in [0.29, 0.717) is 5.69 Å². The van der Waals surface area contributed by atoms with E-state index in [4.69, 9.17) is 16.5 Å². The van der Waals surface area contributed by atoms with E-state index in [1.165, 1.54) is 28.7 Å². The number of carbonyl (C=O) groups is 1. The average Bonchev–Trinajstić information content (AvgIpc) is 3.87. The maximum Gasteiger partial charge on any atom is 0.142 e. The van der Waals surface area contributed by atoms with Crippen LogP contribution in [-0.4, -0.2) is 47.0 Å². The number of nitrogens with two attached hydrogens (primary N) is 1. The Hall–Kier alpha value is -4.30. The molecule has 1 saturated heterocycles. The summed E-state index contributed by atoms with van der Waals surface area (Å²) in [5.74, 6) is 0.251. The van der Waals surface area contributed by atoms with E-state index < -0.39 is 0 Å². The van der Waals surface area contributed by atoms with Crippen LogP contribution in [-0.2, 0) is 45.4 Å². The van der Waals surface area contributed by atoms with Crippen LogP contribution in [0.15, 0.2) is 121 Å². The van der Waals surface area contributed by atoms with E-state index in [-0.39, 0.29) is 50.9 Å². The van der Waals surface area contributed by atoms with Crippen molar-refractivity contribution in [3.8, 4) is 22.4 Å². The molecule has 9 heteroatoms. The largest absolute Gasteiger partial charge is 0.674 e. The molecule has 0 saturated carbocycles. The number of nitrogens with zero attached hydrogens (tertiary/aromatic N) is 2. The summed E-state index contributed by atoms with van der Waals surface area (Å²) in [6.45, 7) is 38.7. The van der Waals surface area contributed by atoms with Gasteiger partial charge in [0, 0.05) is 61.9 Å². The molecule has 386 valence electrons. The maximum absolute atomic E-state index is 10.9. The summed E-state index contributed by atoms with van der Waals surface area (Å²) in [4.78, 5) is 18.9. The van der Waals surface area contributed by atoms with Crippen molar-refractivity contribution in [3.63, 3.8) is 0 Å². The number of aldehydes is 1. The van der Waals surface area contributed by atoms with Gasteiger partial charge in [0.15, 0.2) is 0 Å². The van der Waals surface area contributed by atoms with Gasteiger partial charge in [0.05, 0.1) is 17.4 Å². The van der Waals surface area contributed by atoms with Gasteiger partial charge >= 0.3 is 0 Å². The van der Waals surface area contributed by atoms with Crippen LogP contribution in [0.25, 0.3) is 44.7 Å². The third-order valence-corrected chi connectivity index (χ3v) is 11.7. The Morgan fingerprint density at radius 2 is 1.53 bits per heavy atom. The molecule has 1 aliphatic heterocycles. The fourth-order valence-corrected chi connectivity index (χ4v) is 7.54. The Morgan fingerprint density at radius 3 is 2.01 bits per heavy atom. The average molecular weight is 1140 g/mol. The number of nitrogens with one attached hydrogen (secondary N) is 2. The van der Waals surface area contributed by atoms with Crippen LogP contribution in [0.5, 0.6) is 0 Å². The molecule has 1 aromatic heterocycles. The molecular formula is C61H92N5O2SW-. The van der Waals surface area contributed by atoms with E-state index >= 15 is 0 Å². The number of aliphatic hydroxyl groups excluding tert-OH is 1. The number of thiol groups is 1. The van der Waals surface area contributed by atoms with Crippen LogP contribution < -0.4 is 11.1 Å². The van der Waals surface area contributed by atoms with Gasteiger partial charge in [0.25, 0.3) is 0 Å². The minimum Gasteiger partial charge on any atom is -0.674 e. The molecule has 5 N–H and O–H groups in total. The molecule has 0 spiro atoms. The number of aliphatic hydroxyl groups is 1. The molecule has 4 aromatic rings. The first-order valence-corrected chi connectivity index (χ1v) is 25.9. The van der Waals surface area contributed by atoms with E-state index in [1.807, 2.05) is 97.1 Å². The number of aryl methyl sites for hydroxylation is 1. The Morgan fingerprint density at radius 1 is 0.943 bits per heavy atom.